The van der Waals surface area contributed by atoms with Crippen LogP contribution in [0, 0.1) is 0 Å². The van der Waals surface area contributed by atoms with E-state index < -0.39 is 0 Å². The first-order chi connectivity index (χ1) is 9.88. The van der Waals surface area contributed by atoms with Crippen molar-refractivity contribution in [3.63, 3.8) is 0 Å². The van der Waals surface area contributed by atoms with E-state index in [1.54, 1.807) is 0 Å². The highest BCUT2D eigenvalue weighted by Gasteiger charge is 2.23. The van der Waals surface area contributed by atoms with Gasteiger partial charge in [-0.1, -0.05) is 43.7 Å². The smallest absolute Gasteiger partial charge is 0.0419 e. The number of aryl methyl sites for hydroxylation is 1. The van der Waals surface area contributed by atoms with E-state index in [1.807, 2.05) is 11.3 Å². The Kier molecular flexibility index (Phi) is 4.54. The van der Waals surface area contributed by atoms with Gasteiger partial charge < -0.3 is 5.32 Å². The molecule has 0 bridgehead atoms. The van der Waals surface area contributed by atoms with E-state index in [0.717, 1.165) is 0 Å². The zero-order valence-corrected chi connectivity index (χ0v) is 13.0. The molecule has 0 radical (unpaired) electrons. The monoisotopic (exact) mass is 285 g/mol. The average Bonchev–Trinajstić information content (AvgIpc) is 3.01. The summed E-state index contributed by atoms with van der Waals surface area (Å²) in [6.07, 6.45) is 6.26. The summed E-state index contributed by atoms with van der Waals surface area (Å²) in [4.78, 5) is 1.48. The van der Waals surface area contributed by atoms with Crippen molar-refractivity contribution in [3.05, 3.63) is 57.8 Å². The zero-order chi connectivity index (χ0) is 13.8. The first-order valence-corrected chi connectivity index (χ1v) is 8.63. The van der Waals surface area contributed by atoms with Crippen LogP contribution >= 0.6 is 11.3 Å². The highest BCUT2D eigenvalue weighted by molar-refractivity contribution is 7.10. The number of hydrogen-bond acceptors (Lipinski definition) is 2. The van der Waals surface area contributed by atoms with Crippen molar-refractivity contribution in [2.45, 2.75) is 51.1 Å². The molecule has 0 saturated heterocycles. The molecule has 1 aliphatic rings. The molecular formula is C18H23NS. The molecule has 1 N–H and O–H groups in total. The first-order valence-electron chi connectivity index (χ1n) is 7.75. The maximum atomic E-state index is 3.93. The second kappa shape index (κ2) is 6.55. The summed E-state index contributed by atoms with van der Waals surface area (Å²) in [5.41, 5.74) is 3.06. The van der Waals surface area contributed by atoms with Gasteiger partial charge in [-0.15, -0.1) is 11.3 Å². The first kappa shape index (κ1) is 13.8. The molecule has 20 heavy (non-hydrogen) atoms. The van der Waals surface area contributed by atoms with E-state index in [1.165, 1.54) is 48.1 Å². The number of benzene rings is 1. The lowest BCUT2D eigenvalue weighted by molar-refractivity contribution is 0.387. The lowest BCUT2D eigenvalue weighted by atomic mass is 9.87. The van der Waals surface area contributed by atoms with Gasteiger partial charge in [0, 0.05) is 17.0 Å². The summed E-state index contributed by atoms with van der Waals surface area (Å²) in [5.74, 6) is 0. The summed E-state index contributed by atoms with van der Waals surface area (Å²) < 4.78 is 0. The third-order valence-electron chi connectivity index (χ3n) is 4.24. The topological polar surface area (TPSA) is 12.0 Å². The zero-order valence-electron chi connectivity index (χ0n) is 12.1. The molecule has 2 atom stereocenters. The van der Waals surface area contributed by atoms with E-state index >= 15 is 0 Å². The van der Waals surface area contributed by atoms with Crippen LogP contribution in [0.25, 0.3) is 0 Å². The van der Waals surface area contributed by atoms with Gasteiger partial charge in [0.25, 0.3) is 0 Å². The Labute approximate surface area is 126 Å². The Morgan fingerprint density at radius 2 is 2.15 bits per heavy atom. The van der Waals surface area contributed by atoms with E-state index in [9.17, 15) is 0 Å². The minimum atomic E-state index is 0.510. The van der Waals surface area contributed by atoms with Crippen molar-refractivity contribution in [3.8, 4) is 0 Å². The van der Waals surface area contributed by atoms with Crippen LogP contribution in [0.1, 0.15) is 60.7 Å². The standard InChI is InChI=1S/C18H23NS/c1-2-7-17(18-12-6-13-20-18)19-16-11-5-9-14-8-3-4-10-15(14)16/h3-4,6,8,10,12-13,16-17,19H,2,5,7,9,11H2,1H3. The average molecular weight is 285 g/mol. The lowest BCUT2D eigenvalue weighted by Gasteiger charge is -2.30. The van der Waals surface area contributed by atoms with Crippen molar-refractivity contribution in [1.29, 1.82) is 0 Å². The molecule has 0 aliphatic heterocycles. The minimum Gasteiger partial charge on any atom is -0.302 e. The molecule has 1 aromatic carbocycles. The fourth-order valence-electron chi connectivity index (χ4n) is 3.26. The Hall–Kier alpha value is -1.12. The molecular weight excluding hydrogens is 262 g/mol. The quantitative estimate of drug-likeness (QED) is 0.790. The van der Waals surface area contributed by atoms with Crippen LogP contribution in [0.2, 0.25) is 0 Å². The van der Waals surface area contributed by atoms with Gasteiger partial charge in [-0.3, -0.25) is 0 Å². The van der Waals surface area contributed by atoms with Gasteiger partial charge in [-0.2, -0.15) is 0 Å². The van der Waals surface area contributed by atoms with Gasteiger partial charge in [-0.25, -0.2) is 0 Å². The normalized spacial score (nSPS) is 19.6. The molecule has 1 aromatic heterocycles. The molecule has 2 aromatic rings. The Morgan fingerprint density at radius 1 is 1.25 bits per heavy atom. The van der Waals surface area contributed by atoms with Crippen LogP contribution in [-0.2, 0) is 6.42 Å². The molecule has 2 unspecified atom stereocenters. The molecule has 1 heterocycles. The number of hydrogen-bond donors (Lipinski definition) is 1. The molecule has 0 saturated carbocycles. The molecule has 3 rings (SSSR count). The van der Waals surface area contributed by atoms with Crippen LogP contribution in [0.5, 0.6) is 0 Å². The number of nitrogens with one attached hydrogen (secondary N) is 1. The second-order valence-corrected chi connectivity index (χ2v) is 6.65. The Bertz CT molecular complexity index is 532. The van der Waals surface area contributed by atoms with Gasteiger partial charge in [0.15, 0.2) is 0 Å². The molecule has 1 aliphatic carbocycles. The molecule has 0 amide bonds. The predicted molar refractivity (Wildman–Crippen MR) is 87.2 cm³/mol. The maximum absolute atomic E-state index is 3.93. The summed E-state index contributed by atoms with van der Waals surface area (Å²) in [6.45, 7) is 2.27. The van der Waals surface area contributed by atoms with E-state index in [4.69, 9.17) is 0 Å². The van der Waals surface area contributed by atoms with Crippen LogP contribution in [0.15, 0.2) is 41.8 Å². The highest BCUT2D eigenvalue weighted by atomic mass is 32.1. The van der Waals surface area contributed by atoms with E-state index in [2.05, 4.69) is 54.0 Å². The highest BCUT2D eigenvalue weighted by Crippen LogP contribution is 2.33. The summed E-state index contributed by atoms with van der Waals surface area (Å²) >= 11 is 1.88. The number of rotatable bonds is 5. The third kappa shape index (κ3) is 2.97. The SMILES string of the molecule is CCCC(NC1CCCc2ccccc21)c1cccs1. The number of fused-ring (bicyclic) bond motifs is 1. The van der Waals surface area contributed by atoms with Crippen LogP contribution in [0.4, 0.5) is 0 Å². The van der Waals surface area contributed by atoms with Gasteiger partial charge >= 0.3 is 0 Å². The molecule has 106 valence electrons. The summed E-state index contributed by atoms with van der Waals surface area (Å²) in [5, 5.41) is 6.11. The van der Waals surface area contributed by atoms with Crippen molar-refractivity contribution < 1.29 is 0 Å². The van der Waals surface area contributed by atoms with Gasteiger partial charge in [0.1, 0.15) is 0 Å². The maximum Gasteiger partial charge on any atom is 0.0419 e. The van der Waals surface area contributed by atoms with Crippen molar-refractivity contribution in [1.82, 2.24) is 5.32 Å². The van der Waals surface area contributed by atoms with Crippen molar-refractivity contribution in [2.75, 3.05) is 0 Å². The summed E-state index contributed by atoms with van der Waals surface area (Å²) in [7, 11) is 0. The van der Waals surface area contributed by atoms with Gasteiger partial charge in [0.2, 0.25) is 0 Å². The fraction of sp³-hybridized carbons (Fsp3) is 0.444. The Morgan fingerprint density at radius 3 is 2.95 bits per heavy atom. The Balaban J connectivity index is 1.79. The minimum absolute atomic E-state index is 0.510. The van der Waals surface area contributed by atoms with E-state index in [-0.39, 0.29) is 0 Å². The van der Waals surface area contributed by atoms with Crippen LogP contribution < -0.4 is 5.32 Å². The van der Waals surface area contributed by atoms with Crippen molar-refractivity contribution >= 4 is 11.3 Å². The molecule has 1 nitrogen and oxygen atoms in total. The summed E-state index contributed by atoms with van der Waals surface area (Å²) in [6, 6.07) is 14.4. The van der Waals surface area contributed by atoms with Gasteiger partial charge in [0.05, 0.1) is 0 Å². The third-order valence-corrected chi connectivity index (χ3v) is 5.22. The van der Waals surface area contributed by atoms with Crippen molar-refractivity contribution in [2.24, 2.45) is 0 Å². The van der Waals surface area contributed by atoms with Crippen LogP contribution in [-0.4, -0.2) is 0 Å². The van der Waals surface area contributed by atoms with Gasteiger partial charge in [-0.05, 0) is 48.3 Å². The van der Waals surface area contributed by atoms with Crippen LogP contribution in [0.3, 0.4) is 0 Å². The molecule has 2 heteroatoms. The second-order valence-electron chi connectivity index (χ2n) is 5.67. The lowest BCUT2D eigenvalue weighted by Crippen LogP contribution is -2.28. The molecule has 0 spiro atoms. The fourth-order valence-corrected chi connectivity index (χ4v) is 4.08. The predicted octanol–water partition coefficient (Wildman–Crippen LogP) is 5.26. The van der Waals surface area contributed by atoms with E-state index in [0.29, 0.717) is 12.1 Å². The largest absolute Gasteiger partial charge is 0.302 e. The molecule has 0 fully saturated rings. The number of thiophene rings is 1.